The summed E-state index contributed by atoms with van der Waals surface area (Å²) in [5, 5.41) is 11.0. The Kier molecular flexibility index (Phi) is 7.64. The van der Waals surface area contributed by atoms with E-state index in [9.17, 15) is 14.4 Å². The van der Waals surface area contributed by atoms with Gasteiger partial charge in [0.2, 0.25) is 0 Å². The Bertz CT molecular complexity index is 347. The Balaban J connectivity index is 4.48. The second kappa shape index (κ2) is 8.39. The second-order valence-electron chi connectivity index (χ2n) is 5.24. The van der Waals surface area contributed by atoms with Crippen LogP contribution in [-0.4, -0.2) is 41.4 Å². The van der Waals surface area contributed by atoms with Crippen molar-refractivity contribution >= 4 is 18.0 Å². The minimum atomic E-state index is -0.954. The molecule has 0 bridgehead atoms. The molecule has 0 unspecified atom stereocenters. The fourth-order valence-corrected chi connectivity index (χ4v) is 1.40. The molecule has 0 radical (unpaired) electrons. The number of carboxylic acids is 1. The average molecular weight is 289 g/mol. The lowest BCUT2D eigenvalue weighted by Gasteiger charge is -2.22. The van der Waals surface area contributed by atoms with E-state index in [4.69, 9.17) is 14.6 Å². The van der Waals surface area contributed by atoms with E-state index < -0.39 is 29.7 Å². The van der Waals surface area contributed by atoms with Crippen LogP contribution in [0.2, 0.25) is 0 Å². The highest BCUT2D eigenvalue weighted by Gasteiger charge is 2.25. The third-order valence-electron chi connectivity index (χ3n) is 2.15. The highest BCUT2D eigenvalue weighted by Crippen LogP contribution is 2.09. The molecule has 0 aromatic heterocycles. The first kappa shape index (κ1) is 18.2. The fourth-order valence-electron chi connectivity index (χ4n) is 1.40. The average Bonchev–Trinajstić information content (AvgIpc) is 2.24. The summed E-state index contributed by atoms with van der Waals surface area (Å²) in [6.07, 6.45) is -0.365. The molecule has 0 spiro atoms. The lowest BCUT2D eigenvalue weighted by atomic mass is 10.1. The zero-order chi connectivity index (χ0) is 15.8. The molecule has 20 heavy (non-hydrogen) atoms. The van der Waals surface area contributed by atoms with Crippen molar-refractivity contribution in [3.63, 3.8) is 0 Å². The summed E-state index contributed by atoms with van der Waals surface area (Å²) in [4.78, 5) is 33.8. The fraction of sp³-hybridized carbons (Fsp3) is 0.769. The van der Waals surface area contributed by atoms with Crippen molar-refractivity contribution in [1.82, 2.24) is 5.32 Å². The molecule has 0 aromatic rings. The van der Waals surface area contributed by atoms with E-state index in [1.807, 2.05) is 0 Å². The molecule has 0 fully saturated rings. The predicted octanol–water partition coefficient (Wildman–Crippen LogP) is 1.70. The van der Waals surface area contributed by atoms with Crippen molar-refractivity contribution in [1.29, 1.82) is 0 Å². The number of hydrogen-bond donors (Lipinski definition) is 2. The molecule has 1 amide bonds. The largest absolute Gasteiger partial charge is 0.481 e. The number of ether oxygens (including phenoxy) is 2. The van der Waals surface area contributed by atoms with Crippen LogP contribution in [0.1, 0.15) is 47.0 Å². The Hall–Kier alpha value is -1.79. The molecule has 0 rings (SSSR count). The molecule has 0 heterocycles. The van der Waals surface area contributed by atoms with Gasteiger partial charge in [0.05, 0.1) is 6.61 Å². The van der Waals surface area contributed by atoms with E-state index in [2.05, 4.69) is 5.32 Å². The SMILES string of the molecule is CCOC(=O)[C@@H](CCCC(=O)O)NC(=O)OC(C)(C)C. The van der Waals surface area contributed by atoms with Crippen molar-refractivity contribution < 1.29 is 29.0 Å². The van der Waals surface area contributed by atoms with Crippen molar-refractivity contribution in [3.05, 3.63) is 0 Å². The van der Waals surface area contributed by atoms with Gasteiger partial charge >= 0.3 is 18.0 Å². The lowest BCUT2D eigenvalue weighted by molar-refractivity contribution is -0.146. The van der Waals surface area contributed by atoms with E-state index in [1.165, 1.54) is 0 Å². The summed E-state index contributed by atoms with van der Waals surface area (Å²) in [5.74, 6) is -1.55. The Morgan fingerprint density at radius 1 is 1.25 bits per heavy atom. The highest BCUT2D eigenvalue weighted by atomic mass is 16.6. The Labute approximate surface area is 118 Å². The number of amides is 1. The second-order valence-corrected chi connectivity index (χ2v) is 5.24. The molecule has 0 aromatic carbocycles. The molecule has 0 saturated carbocycles. The maximum Gasteiger partial charge on any atom is 0.408 e. The summed E-state index contributed by atoms with van der Waals surface area (Å²) in [6, 6.07) is -0.899. The number of alkyl carbamates (subject to hydrolysis) is 1. The van der Waals surface area contributed by atoms with Crippen LogP contribution in [0, 0.1) is 0 Å². The smallest absolute Gasteiger partial charge is 0.408 e. The molecule has 0 aliphatic rings. The van der Waals surface area contributed by atoms with Crippen LogP contribution in [-0.2, 0) is 19.1 Å². The number of carbonyl (C=O) groups excluding carboxylic acids is 2. The number of rotatable bonds is 7. The van der Waals surface area contributed by atoms with Crippen LogP contribution < -0.4 is 5.32 Å². The normalized spacial score (nSPS) is 12.4. The van der Waals surface area contributed by atoms with Gasteiger partial charge in [-0.15, -0.1) is 0 Å². The summed E-state index contributed by atoms with van der Waals surface area (Å²) in [7, 11) is 0. The van der Waals surface area contributed by atoms with Gasteiger partial charge in [0, 0.05) is 6.42 Å². The van der Waals surface area contributed by atoms with Gasteiger partial charge in [0.15, 0.2) is 0 Å². The topological polar surface area (TPSA) is 102 Å². The molecule has 116 valence electrons. The van der Waals surface area contributed by atoms with Crippen molar-refractivity contribution in [2.45, 2.75) is 58.6 Å². The number of carbonyl (C=O) groups is 3. The summed E-state index contributed by atoms with van der Waals surface area (Å²) in [6.45, 7) is 6.95. The number of carboxylic acid groups (broad SMARTS) is 1. The monoisotopic (exact) mass is 289 g/mol. The Morgan fingerprint density at radius 2 is 1.85 bits per heavy atom. The van der Waals surface area contributed by atoms with Gasteiger partial charge in [-0.05, 0) is 40.5 Å². The number of nitrogens with one attached hydrogen (secondary N) is 1. The van der Waals surface area contributed by atoms with Gasteiger partial charge in [-0.2, -0.15) is 0 Å². The van der Waals surface area contributed by atoms with E-state index >= 15 is 0 Å². The zero-order valence-corrected chi connectivity index (χ0v) is 12.4. The summed E-state index contributed by atoms with van der Waals surface area (Å²) < 4.78 is 9.89. The maximum absolute atomic E-state index is 11.7. The summed E-state index contributed by atoms with van der Waals surface area (Å²) in [5.41, 5.74) is -0.676. The molecule has 0 aliphatic carbocycles. The first-order valence-corrected chi connectivity index (χ1v) is 6.53. The number of esters is 1. The van der Waals surface area contributed by atoms with Crippen LogP contribution >= 0.6 is 0 Å². The molecular weight excluding hydrogens is 266 g/mol. The van der Waals surface area contributed by atoms with E-state index in [-0.39, 0.29) is 25.9 Å². The van der Waals surface area contributed by atoms with Crippen LogP contribution in [0.15, 0.2) is 0 Å². The maximum atomic E-state index is 11.7. The van der Waals surface area contributed by atoms with Gasteiger partial charge in [0.1, 0.15) is 11.6 Å². The zero-order valence-electron chi connectivity index (χ0n) is 12.4. The van der Waals surface area contributed by atoms with Crippen molar-refractivity contribution in [3.8, 4) is 0 Å². The number of hydrogen-bond acceptors (Lipinski definition) is 5. The van der Waals surface area contributed by atoms with Gasteiger partial charge in [-0.25, -0.2) is 9.59 Å². The first-order chi connectivity index (χ1) is 9.15. The third-order valence-corrected chi connectivity index (χ3v) is 2.15. The van der Waals surface area contributed by atoms with Gasteiger partial charge in [-0.1, -0.05) is 0 Å². The molecule has 0 aliphatic heterocycles. The molecule has 7 nitrogen and oxygen atoms in total. The van der Waals surface area contributed by atoms with Gasteiger partial charge < -0.3 is 19.9 Å². The standard InChI is InChI=1S/C13H23NO6/c1-5-19-11(17)9(7-6-8-10(15)16)14-12(18)20-13(2,3)4/h9H,5-8H2,1-4H3,(H,14,18)(H,15,16)/t9-/m1/s1. The minimum absolute atomic E-state index is 0.0775. The predicted molar refractivity (Wildman–Crippen MR) is 71.3 cm³/mol. The van der Waals surface area contributed by atoms with Crippen LogP contribution in [0.25, 0.3) is 0 Å². The molecule has 7 heteroatoms. The van der Waals surface area contributed by atoms with Crippen LogP contribution in [0.4, 0.5) is 4.79 Å². The lowest BCUT2D eigenvalue weighted by Crippen LogP contribution is -2.44. The summed E-state index contributed by atoms with van der Waals surface area (Å²) >= 11 is 0. The molecule has 1 atom stereocenters. The minimum Gasteiger partial charge on any atom is -0.481 e. The van der Waals surface area contributed by atoms with Crippen molar-refractivity contribution in [2.24, 2.45) is 0 Å². The van der Waals surface area contributed by atoms with Gasteiger partial charge in [0.25, 0.3) is 0 Å². The van der Waals surface area contributed by atoms with Gasteiger partial charge in [-0.3, -0.25) is 4.79 Å². The molecule has 2 N–H and O–H groups in total. The quantitative estimate of drug-likeness (QED) is 0.692. The number of aliphatic carboxylic acids is 1. The third kappa shape index (κ3) is 9.18. The van der Waals surface area contributed by atoms with E-state index in [0.29, 0.717) is 0 Å². The van der Waals surface area contributed by atoms with Crippen LogP contribution in [0.5, 0.6) is 0 Å². The van der Waals surface area contributed by atoms with Crippen molar-refractivity contribution in [2.75, 3.05) is 6.61 Å². The van der Waals surface area contributed by atoms with E-state index in [1.54, 1.807) is 27.7 Å². The Morgan fingerprint density at radius 3 is 2.30 bits per heavy atom. The molecule has 0 saturated heterocycles. The highest BCUT2D eigenvalue weighted by molar-refractivity contribution is 5.81. The van der Waals surface area contributed by atoms with E-state index in [0.717, 1.165) is 0 Å². The molecular formula is C13H23NO6. The first-order valence-electron chi connectivity index (χ1n) is 6.53. The van der Waals surface area contributed by atoms with Crippen LogP contribution in [0.3, 0.4) is 0 Å².